The molecule has 8 heteroatoms. The Bertz CT molecular complexity index is 1070. The van der Waals surface area contributed by atoms with Crippen LogP contribution in [0.4, 0.5) is 15.6 Å². The molecule has 0 spiro atoms. The van der Waals surface area contributed by atoms with E-state index in [1.54, 1.807) is 6.07 Å². The highest BCUT2D eigenvalue weighted by Gasteiger charge is 2.21. The molecule has 0 saturated carbocycles. The molecular weight excluding hydrogens is 410 g/mol. The maximum atomic E-state index is 12.2. The Balaban J connectivity index is 1.25. The van der Waals surface area contributed by atoms with Gasteiger partial charge in [0.2, 0.25) is 5.91 Å². The van der Waals surface area contributed by atoms with Crippen molar-refractivity contribution >= 4 is 34.1 Å². The lowest BCUT2D eigenvalue weighted by Crippen LogP contribution is -2.35. The first-order chi connectivity index (χ1) is 15.0. The summed E-state index contributed by atoms with van der Waals surface area (Å²) in [4.78, 5) is 32.4. The number of nitrogens with one attached hydrogen (secondary N) is 3. The van der Waals surface area contributed by atoms with E-state index in [0.29, 0.717) is 10.8 Å². The number of hydrogen-bond donors (Lipinski definition) is 3. The fraction of sp³-hybridized carbons (Fsp3) is 0.261. The molecule has 2 aromatic carbocycles. The van der Waals surface area contributed by atoms with Gasteiger partial charge >= 0.3 is 6.03 Å². The molecule has 3 amide bonds. The summed E-state index contributed by atoms with van der Waals surface area (Å²) >= 11 is 1.50. The lowest BCUT2D eigenvalue weighted by atomic mass is 10.1. The second-order valence-electron chi connectivity index (χ2n) is 7.56. The van der Waals surface area contributed by atoms with Crippen molar-refractivity contribution in [2.45, 2.75) is 26.4 Å². The van der Waals surface area contributed by atoms with Gasteiger partial charge < -0.3 is 16.0 Å². The lowest BCUT2D eigenvalue weighted by molar-refractivity contribution is -0.115. The van der Waals surface area contributed by atoms with Crippen LogP contribution in [0.1, 0.15) is 21.7 Å². The van der Waals surface area contributed by atoms with Crippen molar-refractivity contribution < 1.29 is 9.59 Å². The number of aryl methyl sites for hydroxylation is 1. The van der Waals surface area contributed by atoms with Crippen molar-refractivity contribution in [2.24, 2.45) is 0 Å². The second kappa shape index (κ2) is 9.72. The van der Waals surface area contributed by atoms with Crippen molar-refractivity contribution in [3.05, 3.63) is 76.3 Å². The van der Waals surface area contributed by atoms with Gasteiger partial charge in [-0.05, 0) is 30.2 Å². The minimum absolute atomic E-state index is 0.123. The number of carbonyl (C=O) groups is 2. The van der Waals surface area contributed by atoms with E-state index in [0.717, 1.165) is 37.3 Å². The number of fused-ring (bicyclic) bond motifs is 1. The van der Waals surface area contributed by atoms with E-state index < -0.39 is 6.03 Å². The zero-order valence-corrected chi connectivity index (χ0v) is 18.2. The molecule has 160 valence electrons. The van der Waals surface area contributed by atoms with Crippen LogP contribution in [0.15, 0.2) is 54.6 Å². The highest BCUT2D eigenvalue weighted by atomic mass is 32.1. The molecule has 7 nitrogen and oxygen atoms in total. The number of rotatable bonds is 6. The summed E-state index contributed by atoms with van der Waals surface area (Å²) in [6.45, 7) is 4.50. The van der Waals surface area contributed by atoms with Gasteiger partial charge in [0.1, 0.15) is 0 Å². The number of amides is 3. The van der Waals surface area contributed by atoms with Gasteiger partial charge in [0, 0.05) is 36.6 Å². The normalized spacial score (nSPS) is 13.3. The Morgan fingerprint density at radius 3 is 2.74 bits per heavy atom. The number of aromatic nitrogens is 1. The Kier molecular flexibility index (Phi) is 6.59. The minimum Gasteiger partial charge on any atom is -0.329 e. The lowest BCUT2D eigenvalue weighted by Gasteiger charge is -2.25. The molecule has 0 radical (unpaired) electrons. The first kappa shape index (κ1) is 21.0. The van der Waals surface area contributed by atoms with Gasteiger partial charge in [-0.1, -0.05) is 42.5 Å². The third-order valence-electron chi connectivity index (χ3n) is 4.99. The molecule has 4 rings (SSSR count). The van der Waals surface area contributed by atoms with E-state index in [2.05, 4.69) is 50.1 Å². The van der Waals surface area contributed by atoms with E-state index in [-0.39, 0.29) is 12.5 Å². The Hall–Kier alpha value is -3.23. The van der Waals surface area contributed by atoms with Gasteiger partial charge in [0.25, 0.3) is 0 Å². The molecule has 2 heterocycles. The fourth-order valence-electron chi connectivity index (χ4n) is 3.50. The monoisotopic (exact) mass is 435 g/mol. The van der Waals surface area contributed by atoms with Gasteiger partial charge in [0.15, 0.2) is 5.13 Å². The smallest absolute Gasteiger partial charge is 0.319 e. The maximum absolute atomic E-state index is 12.2. The van der Waals surface area contributed by atoms with Gasteiger partial charge in [-0.25, -0.2) is 9.78 Å². The van der Waals surface area contributed by atoms with E-state index in [1.165, 1.54) is 21.8 Å². The van der Waals surface area contributed by atoms with Gasteiger partial charge in [0.05, 0.1) is 12.2 Å². The summed E-state index contributed by atoms with van der Waals surface area (Å²) in [5, 5.41) is 8.67. The standard InChI is InChI=1S/C23H25N5O2S/c1-16-6-5-9-18(12-16)25-22(30)24-13-21(29)27-23-26-19-10-11-28(15-20(19)31-23)14-17-7-3-2-4-8-17/h2-9,12H,10-11,13-15H2,1H3,(H2,24,25,30)(H,26,27,29). The number of benzene rings is 2. The van der Waals surface area contributed by atoms with Crippen LogP contribution < -0.4 is 16.0 Å². The third kappa shape index (κ3) is 5.90. The van der Waals surface area contributed by atoms with Crippen molar-refractivity contribution in [1.82, 2.24) is 15.2 Å². The molecule has 0 fully saturated rings. The summed E-state index contributed by atoms with van der Waals surface area (Å²) < 4.78 is 0. The van der Waals surface area contributed by atoms with Crippen LogP contribution in [0.3, 0.4) is 0 Å². The van der Waals surface area contributed by atoms with Gasteiger partial charge in [-0.3, -0.25) is 9.69 Å². The Labute approximate surface area is 185 Å². The maximum Gasteiger partial charge on any atom is 0.319 e. The number of carbonyl (C=O) groups excluding carboxylic acids is 2. The molecular formula is C23H25N5O2S. The van der Waals surface area contributed by atoms with Crippen molar-refractivity contribution in [3.8, 4) is 0 Å². The van der Waals surface area contributed by atoms with E-state index in [9.17, 15) is 9.59 Å². The molecule has 0 aliphatic carbocycles. The van der Waals surface area contributed by atoms with Crippen molar-refractivity contribution in [2.75, 3.05) is 23.7 Å². The van der Waals surface area contributed by atoms with E-state index in [1.807, 2.05) is 31.2 Å². The van der Waals surface area contributed by atoms with Crippen LogP contribution in [-0.4, -0.2) is 34.9 Å². The number of anilines is 2. The Morgan fingerprint density at radius 2 is 1.94 bits per heavy atom. The van der Waals surface area contributed by atoms with Crippen LogP contribution in [0.5, 0.6) is 0 Å². The molecule has 0 saturated heterocycles. The highest BCUT2D eigenvalue weighted by molar-refractivity contribution is 7.15. The van der Waals surface area contributed by atoms with Crippen LogP contribution in [0.2, 0.25) is 0 Å². The topological polar surface area (TPSA) is 86.4 Å². The van der Waals surface area contributed by atoms with Crippen LogP contribution in [0, 0.1) is 6.92 Å². The molecule has 1 aliphatic rings. The van der Waals surface area contributed by atoms with Crippen molar-refractivity contribution in [1.29, 1.82) is 0 Å². The minimum atomic E-state index is -0.421. The summed E-state index contributed by atoms with van der Waals surface area (Å²) in [6.07, 6.45) is 0.867. The van der Waals surface area contributed by atoms with Crippen LogP contribution >= 0.6 is 11.3 Å². The predicted octanol–water partition coefficient (Wildman–Crippen LogP) is 3.77. The predicted molar refractivity (Wildman–Crippen MR) is 123 cm³/mol. The fourth-order valence-corrected chi connectivity index (χ4v) is 4.57. The summed E-state index contributed by atoms with van der Waals surface area (Å²) in [7, 11) is 0. The van der Waals surface area contributed by atoms with E-state index in [4.69, 9.17) is 0 Å². The molecule has 1 aromatic heterocycles. The molecule has 3 aromatic rings. The zero-order valence-electron chi connectivity index (χ0n) is 17.4. The largest absolute Gasteiger partial charge is 0.329 e. The molecule has 31 heavy (non-hydrogen) atoms. The highest BCUT2D eigenvalue weighted by Crippen LogP contribution is 2.29. The average molecular weight is 436 g/mol. The van der Waals surface area contributed by atoms with E-state index >= 15 is 0 Å². The molecule has 3 N–H and O–H groups in total. The number of urea groups is 1. The SMILES string of the molecule is Cc1cccc(NC(=O)NCC(=O)Nc2nc3c(s2)CN(Cc2ccccc2)CC3)c1. The first-order valence-electron chi connectivity index (χ1n) is 10.2. The van der Waals surface area contributed by atoms with Crippen LogP contribution in [0.25, 0.3) is 0 Å². The van der Waals surface area contributed by atoms with Gasteiger partial charge in [-0.2, -0.15) is 0 Å². The Morgan fingerprint density at radius 1 is 1.10 bits per heavy atom. The molecule has 1 aliphatic heterocycles. The quantitative estimate of drug-likeness (QED) is 0.550. The summed E-state index contributed by atoms with van der Waals surface area (Å²) in [5.74, 6) is -0.299. The second-order valence-corrected chi connectivity index (χ2v) is 8.64. The molecule has 0 bridgehead atoms. The number of hydrogen-bond acceptors (Lipinski definition) is 5. The number of nitrogens with zero attached hydrogens (tertiary/aromatic N) is 2. The van der Waals surface area contributed by atoms with Gasteiger partial charge in [-0.15, -0.1) is 11.3 Å². The van der Waals surface area contributed by atoms with Crippen LogP contribution in [-0.2, 0) is 24.3 Å². The first-order valence-corrected chi connectivity index (χ1v) is 11.0. The third-order valence-corrected chi connectivity index (χ3v) is 5.99. The number of thiazole rings is 1. The van der Waals surface area contributed by atoms with Crippen molar-refractivity contribution in [3.63, 3.8) is 0 Å². The summed E-state index contributed by atoms with van der Waals surface area (Å²) in [6, 6.07) is 17.5. The molecule has 0 unspecified atom stereocenters. The zero-order chi connectivity index (χ0) is 21.6. The molecule has 0 atom stereocenters. The average Bonchev–Trinajstić information content (AvgIpc) is 3.14. The summed E-state index contributed by atoms with van der Waals surface area (Å²) in [5.41, 5.74) is 4.07.